The first-order chi connectivity index (χ1) is 15.4. The molecule has 0 heterocycles. The van der Waals surface area contributed by atoms with Gasteiger partial charge in [0.05, 0.1) is 22.0 Å². The van der Waals surface area contributed by atoms with Gasteiger partial charge in [-0.1, -0.05) is 87.6 Å². The van der Waals surface area contributed by atoms with Crippen molar-refractivity contribution >= 4 is 22.9 Å². The monoisotopic (exact) mass is 442 g/mol. The predicted octanol–water partition coefficient (Wildman–Crippen LogP) is 6.50. The van der Waals surface area contributed by atoms with Crippen LogP contribution in [-0.2, 0) is 9.53 Å². The first kappa shape index (κ1) is 26.5. The third kappa shape index (κ3) is 9.51. The molecule has 0 saturated heterocycles. The van der Waals surface area contributed by atoms with Crippen LogP contribution in [0.3, 0.4) is 0 Å². The van der Waals surface area contributed by atoms with Gasteiger partial charge < -0.3 is 4.74 Å². The van der Waals surface area contributed by atoms with Gasteiger partial charge in [-0.3, -0.25) is 20.2 Å². The molecule has 32 heavy (non-hydrogen) atoms. The summed E-state index contributed by atoms with van der Waals surface area (Å²) in [5.74, 6) is -0.216. The molecule has 0 spiro atoms. The molecular weight excluding hydrogens is 412 g/mol. The Kier molecular flexibility index (Phi) is 12.6. The number of nitrogens with zero attached hydrogens (tertiary/aromatic N) is 2. The van der Waals surface area contributed by atoms with E-state index in [1.807, 2.05) is 43.3 Å². The van der Waals surface area contributed by atoms with E-state index in [4.69, 9.17) is 4.74 Å². The van der Waals surface area contributed by atoms with Crippen LogP contribution in [0.15, 0.2) is 60.7 Å². The average Bonchev–Trinajstić information content (AvgIpc) is 2.80. The Bertz CT molecular complexity index is 863. The molecule has 0 amide bonds. The van der Waals surface area contributed by atoms with E-state index >= 15 is 0 Å². The molecule has 0 aliphatic carbocycles. The highest BCUT2D eigenvalue weighted by molar-refractivity contribution is 6.16. The topological polar surface area (TPSA) is 113 Å². The van der Waals surface area contributed by atoms with Gasteiger partial charge in [0.15, 0.2) is 0 Å². The van der Waals surface area contributed by atoms with E-state index in [2.05, 4.69) is 6.92 Å². The molecule has 2 aromatic carbocycles. The molecule has 2 aromatic rings. The Morgan fingerprint density at radius 1 is 0.844 bits per heavy atom. The molecule has 0 aliphatic rings. The minimum Gasteiger partial charge on any atom is -0.462 e. The number of para-hydroxylation sites is 2. The predicted molar refractivity (Wildman–Crippen MR) is 124 cm³/mol. The molecule has 2 rings (SSSR count). The summed E-state index contributed by atoms with van der Waals surface area (Å²) in [5.41, 5.74) is 0.601. The number of hydrogen-bond acceptors (Lipinski definition) is 6. The van der Waals surface area contributed by atoms with E-state index in [1.54, 1.807) is 0 Å². The third-order valence-electron chi connectivity index (χ3n) is 4.60. The van der Waals surface area contributed by atoms with Crippen LogP contribution in [0.25, 0.3) is 5.57 Å². The highest BCUT2D eigenvalue weighted by atomic mass is 16.6. The summed E-state index contributed by atoms with van der Waals surface area (Å²) in [6.45, 7) is 4.60. The van der Waals surface area contributed by atoms with Crippen molar-refractivity contribution in [3.8, 4) is 0 Å². The van der Waals surface area contributed by atoms with Crippen LogP contribution in [0.1, 0.15) is 57.9 Å². The smallest absolute Gasteiger partial charge is 0.346 e. The molecule has 0 fully saturated rings. The fourth-order valence-electron chi connectivity index (χ4n) is 2.92. The van der Waals surface area contributed by atoms with E-state index in [0.717, 1.165) is 30.5 Å². The van der Waals surface area contributed by atoms with Gasteiger partial charge in [-0.15, -0.1) is 0 Å². The van der Waals surface area contributed by atoms with Crippen LogP contribution in [0.5, 0.6) is 0 Å². The molecule has 0 radical (unpaired) electrons. The van der Waals surface area contributed by atoms with Gasteiger partial charge in [0.2, 0.25) is 0 Å². The Morgan fingerprint density at radius 3 is 1.84 bits per heavy atom. The number of allylic oxidation sites excluding steroid dienone is 1. The van der Waals surface area contributed by atoms with Crippen LogP contribution in [0.4, 0.5) is 11.4 Å². The molecule has 0 aromatic heterocycles. The van der Waals surface area contributed by atoms with Crippen LogP contribution < -0.4 is 0 Å². The quantitative estimate of drug-likeness (QED) is 0.129. The zero-order valence-electron chi connectivity index (χ0n) is 18.6. The Morgan fingerprint density at radius 2 is 1.34 bits per heavy atom. The summed E-state index contributed by atoms with van der Waals surface area (Å²) in [5, 5.41) is 20.5. The molecule has 8 nitrogen and oxygen atoms in total. The first-order valence-electron chi connectivity index (χ1n) is 10.7. The second-order valence-electron chi connectivity index (χ2n) is 6.97. The standard InChI is InChI=1S/C18H26O2.C6H4N2O4/c1-3-5-6-7-8-12-15-20-18(19)17(4-2)16-13-10-9-11-14-16;9-7(10)5-3-1-2-4-6(5)8(11)12/h4,9-11,13-14H,3,5-8,12,15H2,1-2H3;1-4H/b17-4+;. The number of carbonyl (C=O) groups excluding carboxylic acids is 1. The second-order valence-corrected chi connectivity index (χ2v) is 6.97. The number of hydrogen-bond donors (Lipinski definition) is 0. The summed E-state index contributed by atoms with van der Waals surface area (Å²) in [4.78, 5) is 30.9. The van der Waals surface area contributed by atoms with E-state index < -0.39 is 21.2 Å². The molecule has 0 aliphatic heterocycles. The SMILES string of the molecule is C/C=C(/C(=O)OCCCCCCCC)c1ccccc1.O=[N+]([O-])c1ccccc1[N+](=O)[O-]. The van der Waals surface area contributed by atoms with Gasteiger partial charge in [-0.05, 0) is 18.9 Å². The van der Waals surface area contributed by atoms with Gasteiger partial charge in [0.1, 0.15) is 0 Å². The lowest BCUT2D eigenvalue weighted by Crippen LogP contribution is -2.08. The summed E-state index contributed by atoms with van der Waals surface area (Å²) in [6, 6.07) is 14.6. The minimum absolute atomic E-state index is 0.216. The van der Waals surface area contributed by atoms with E-state index in [-0.39, 0.29) is 5.97 Å². The Balaban J connectivity index is 0.000000363. The van der Waals surface area contributed by atoms with E-state index in [0.29, 0.717) is 12.2 Å². The number of carbonyl (C=O) groups is 1. The van der Waals surface area contributed by atoms with Crippen LogP contribution in [-0.4, -0.2) is 22.4 Å². The maximum absolute atomic E-state index is 12.0. The van der Waals surface area contributed by atoms with Crippen LogP contribution >= 0.6 is 0 Å². The highest BCUT2D eigenvalue weighted by Crippen LogP contribution is 2.24. The molecule has 0 N–H and O–H groups in total. The number of ether oxygens (including phenoxy) is 1. The fourth-order valence-corrected chi connectivity index (χ4v) is 2.92. The molecule has 0 unspecified atom stereocenters. The largest absolute Gasteiger partial charge is 0.462 e. The molecular formula is C24H30N2O6. The number of esters is 1. The van der Waals surface area contributed by atoms with Gasteiger partial charge in [0.25, 0.3) is 0 Å². The summed E-state index contributed by atoms with van der Waals surface area (Å²) in [6.07, 6.45) is 9.01. The number of benzene rings is 2. The van der Waals surface area contributed by atoms with Gasteiger partial charge in [0, 0.05) is 12.1 Å². The van der Waals surface area contributed by atoms with Crippen molar-refractivity contribution in [1.29, 1.82) is 0 Å². The van der Waals surface area contributed by atoms with Crippen LogP contribution in [0, 0.1) is 20.2 Å². The Hall–Kier alpha value is -3.55. The lowest BCUT2D eigenvalue weighted by atomic mass is 10.1. The fraction of sp³-hybridized carbons (Fsp3) is 0.375. The zero-order chi connectivity index (χ0) is 23.8. The van der Waals surface area contributed by atoms with Crippen LogP contribution in [0.2, 0.25) is 0 Å². The molecule has 8 heteroatoms. The summed E-state index contributed by atoms with van der Waals surface area (Å²) in [7, 11) is 0. The normalized spacial score (nSPS) is 10.6. The van der Waals surface area contributed by atoms with E-state index in [1.165, 1.54) is 37.8 Å². The number of rotatable bonds is 11. The zero-order valence-corrected chi connectivity index (χ0v) is 18.6. The first-order valence-corrected chi connectivity index (χ1v) is 10.7. The van der Waals surface area contributed by atoms with Gasteiger partial charge in [-0.25, -0.2) is 4.79 Å². The van der Waals surface area contributed by atoms with Crippen molar-refractivity contribution in [2.24, 2.45) is 0 Å². The maximum Gasteiger partial charge on any atom is 0.346 e. The minimum atomic E-state index is -0.780. The highest BCUT2D eigenvalue weighted by Gasteiger charge is 2.21. The van der Waals surface area contributed by atoms with E-state index in [9.17, 15) is 25.0 Å². The van der Waals surface area contributed by atoms with Crippen molar-refractivity contribution in [2.75, 3.05) is 6.61 Å². The Labute approximate surface area is 188 Å². The maximum atomic E-state index is 12.0. The van der Waals surface area contributed by atoms with Crippen molar-refractivity contribution in [3.05, 3.63) is 86.5 Å². The van der Waals surface area contributed by atoms with Crippen molar-refractivity contribution in [3.63, 3.8) is 0 Å². The number of nitro groups is 2. The van der Waals surface area contributed by atoms with Crippen molar-refractivity contribution in [1.82, 2.24) is 0 Å². The number of unbranched alkanes of at least 4 members (excludes halogenated alkanes) is 5. The third-order valence-corrected chi connectivity index (χ3v) is 4.60. The van der Waals surface area contributed by atoms with Crippen molar-refractivity contribution in [2.45, 2.75) is 52.4 Å². The molecule has 0 bridgehead atoms. The lowest BCUT2D eigenvalue weighted by Gasteiger charge is -2.08. The second kappa shape index (κ2) is 15.3. The average molecular weight is 443 g/mol. The summed E-state index contributed by atoms with van der Waals surface area (Å²) >= 11 is 0. The number of nitro benzene ring substituents is 2. The molecule has 172 valence electrons. The van der Waals surface area contributed by atoms with Crippen molar-refractivity contribution < 1.29 is 19.4 Å². The molecule has 0 atom stereocenters. The lowest BCUT2D eigenvalue weighted by molar-refractivity contribution is -0.422. The summed E-state index contributed by atoms with van der Waals surface area (Å²) < 4.78 is 5.35. The molecule has 0 saturated carbocycles. The van der Waals surface area contributed by atoms with Gasteiger partial charge in [-0.2, -0.15) is 0 Å². The van der Waals surface area contributed by atoms with Gasteiger partial charge >= 0.3 is 17.3 Å².